The van der Waals surface area contributed by atoms with Crippen LogP contribution in [0.3, 0.4) is 0 Å². The number of hydrogen-bond acceptors (Lipinski definition) is 4. The molecule has 6 heteroatoms. The third-order valence-electron chi connectivity index (χ3n) is 2.49. The fourth-order valence-electron chi connectivity index (χ4n) is 1.62. The van der Waals surface area contributed by atoms with Crippen LogP contribution in [0.1, 0.15) is 17.3 Å². The van der Waals surface area contributed by atoms with E-state index in [1.54, 1.807) is 36.4 Å². The van der Waals surface area contributed by atoms with Gasteiger partial charge >= 0.3 is 0 Å². The molecule has 2 amide bonds. The molecule has 0 saturated heterocycles. The summed E-state index contributed by atoms with van der Waals surface area (Å²) in [7, 11) is 0. The molecule has 0 aliphatic rings. The van der Waals surface area contributed by atoms with Crippen LogP contribution in [0.15, 0.2) is 42.6 Å². The number of benzene rings is 1. The van der Waals surface area contributed by atoms with E-state index in [-0.39, 0.29) is 11.8 Å². The Morgan fingerprint density at radius 2 is 1.80 bits per heavy atom. The van der Waals surface area contributed by atoms with Gasteiger partial charge in [0.15, 0.2) is 0 Å². The van der Waals surface area contributed by atoms with E-state index in [0.717, 1.165) is 0 Å². The molecule has 0 saturated carbocycles. The summed E-state index contributed by atoms with van der Waals surface area (Å²) in [5.41, 5.74) is 7.07. The second kappa shape index (κ2) is 5.83. The molecule has 1 heterocycles. The Kier molecular flexibility index (Phi) is 3.95. The van der Waals surface area contributed by atoms with E-state index < -0.39 is 0 Å². The number of amides is 2. The van der Waals surface area contributed by atoms with Gasteiger partial charge in [-0.05, 0) is 30.3 Å². The number of carbonyl (C=O) groups is 2. The molecule has 6 nitrogen and oxygen atoms in total. The number of nitrogens with one attached hydrogen (secondary N) is 2. The first-order chi connectivity index (χ1) is 9.54. The van der Waals surface area contributed by atoms with Crippen LogP contribution in [0.5, 0.6) is 0 Å². The van der Waals surface area contributed by atoms with Crippen LogP contribution in [-0.4, -0.2) is 16.8 Å². The van der Waals surface area contributed by atoms with E-state index in [1.165, 1.54) is 13.1 Å². The normalized spacial score (nSPS) is 9.85. The lowest BCUT2D eigenvalue weighted by atomic mass is 10.2. The molecule has 0 fully saturated rings. The smallest absolute Gasteiger partial charge is 0.257 e. The summed E-state index contributed by atoms with van der Waals surface area (Å²) in [5, 5.41) is 5.37. The molecule has 1 aromatic heterocycles. The minimum Gasteiger partial charge on any atom is -0.384 e. The monoisotopic (exact) mass is 270 g/mol. The van der Waals surface area contributed by atoms with Gasteiger partial charge in [0.05, 0.1) is 5.56 Å². The van der Waals surface area contributed by atoms with E-state index in [0.29, 0.717) is 22.8 Å². The summed E-state index contributed by atoms with van der Waals surface area (Å²) in [6.07, 6.45) is 1.41. The van der Waals surface area contributed by atoms with Crippen LogP contribution < -0.4 is 16.4 Å². The lowest BCUT2D eigenvalue weighted by molar-refractivity contribution is -0.114. The average Bonchev–Trinajstić information content (AvgIpc) is 2.39. The summed E-state index contributed by atoms with van der Waals surface area (Å²) in [6.45, 7) is 1.42. The predicted molar refractivity (Wildman–Crippen MR) is 77.3 cm³/mol. The maximum Gasteiger partial charge on any atom is 0.257 e. The molecule has 0 spiro atoms. The zero-order valence-corrected chi connectivity index (χ0v) is 10.9. The summed E-state index contributed by atoms with van der Waals surface area (Å²) < 4.78 is 0. The standard InChI is InChI=1S/C14H14N4O2/c1-9(19)17-11-3-2-4-12(7-11)18-14(20)10-5-6-13(15)16-8-10/h2-8H,1H3,(H2,15,16)(H,17,19)(H,18,20). The molecular formula is C14H14N4O2. The third kappa shape index (κ3) is 3.55. The maximum absolute atomic E-state index is 12.0. The molecule has 0 atom stereocenters. The highest BCUT2D eigenvalue weighted by molar-refractivity contribution is 6.04. The second-order valence-electron chi connectivity index (χ2n) is 4.19. The van der Waals surface area contributed by atoms with Gasteiger partial charge in [-0.15, -0.1) is 0 Å². The first-order valence-electron chi connectivity index (χ1n) is 5.95. The number of nitrogens with two attached hydrogens (primary N) is 1. The quantitative estimate of drug-likeness (QED) is 0.793. The molecule has 2 aromatic rings. The van der Waals surface area contributed by atoms with Crippen molar-refractivity contribution in [1.82, 2.24) is 4.98 Å². The van der Waals surface area contributed by atoms with Crippen molar-refractivity contribution in [3.63, 3.8) is 0 Å². The first kappa shape index (κ1) is 13.5. The molecule has 4 N–H and O–H groups in total. The highest BCUT2D eigenvalue weighted by atomic mass is 16.2. The molecule has 0 unspecified atom stereocenters. The van der Waals surface area contributed by atoms with Crippen molar-refractivity contribution in [2.75, 3.05) is 16.4 Å². The fourth-order valence-corrected chi connectivity index (χ4v) is 1.62. The van der Waals surface area contributed by atoms with E-state index in [1.807, 2.05) is 0 Å². The number of nitrogens with zero attached hydrogens (tertiary/aromatic N) is 1. The Morgan fingerprint density at radius 3 is 2.40 bits per heavy atom. The first-order valence-corrected chi connectivity index (χ1v) is 5.95. The van der Waals surface area contributed by atoms with Crippen LogP contribution in [0.4, 0.5) is 17.2 Å². The Labute approximate surface area is 116 Å². The Balaban J connectivity index is 2.11. The van der Waals surface area contributed by atoms with Crippen molar-refractivity contribution >= 4 is 29.0 Å². The average molecular weight is 270 g/mol. The zero-order valence-electron chi connectivity index (χ0n) is 10.9. The van der Waals surface area contributed by atoms with Crippen molar-refractivity contribution in [2.45, 2.75) is 6.92 Å². The van der Waals surface area contributed by atoms with Gasteiger partial charge in [0, 0.05) is 24.5 Å². The number of nitrogen functional groups attached to an aromatic ring is 1. The van der Waals surface area contributed by atoms with Crippen LogP contribution in [0.25, 0.3) is 0 Å². The summed E-state index contributed by atoms with van der Waals surface area (Å²) in [5.74, 6) is -0.108. The number of aromatic nitrogens is 1. The van der Waals surface area contributed by atoms with E-state index in [2.05, 4.69) is 15.6 Å². The van der Waals surface area contributed by atoms with Gasteiger partial charge in [-0.1, -0.05) is 6.07 Å². The Bertz CT molecular complexity index is 638. The number of hydrogen-bond donors (Lipinski definition) is 3. The molecule has 102 valence electrons. The Hall–Kier alpha value is -2.89. The number of carbonyl (C=O) groups excluding carboxylic acids is 2. The second-order valence-corrected chi connectivity index (χ2v) is 4.19. The zero-order chi connectivity index (χ0) is 14.5. The van der Waals surface area contributed by atoms with E-state index in [9.17, 15) is 9.59 Å². The number of pyridine rings is 1. The van der Waals surface area contributed by atoms with Crippen molar-refractivity contribution in [3.05, 3.63) is 48.2 Å². The highest BCUT2D eigenvalue weighted by Gasteiger charge is 2.07. The van der Waals surface area contributed by atoms with Crippen molar-refractivity contribution in [2.24, 2.45) is 0 Å². The van der Waals surface area contributed by atoms with Gasteiger partial charge in [0.25, 0.3) is 5.91 Å². The fraction of sp³-hybridized carbons (Fsp3) is 0.0714. The molecule has 1 aromatic carbocycles. The third-order valence-corrected chi connectivity index (χ3v) is 2.49. The van der Waals surface area contributed by atoms with Crippen LogP contribution in [0, 0.1) is 0 Å². The number of anilines is 3. The SMILES string of the molecule is CC(=O)Nc1cccc(NC(=O)c2ccc(N)nc2)c1. The van der Waals surface area contributed by atoms with Crippen molar-refractivity contribution < 1.29 is 9.59 Å². The lowest BCUT2D eigenvalue weighted by Crippen LogP contribution is -2.13. The summed E-state index contributed by atoms with van der Waals surface area (Å²) in [6, 6.07) is 10.0. The molecule has 0 radical (unpaired) electrons. The molecule has 2 rings (SSSR count). The summed E-state index contributed by atoms with van der Waals surface area (Å²) in [4.78, 5) is 26.8. The predicted octanol–water partition coefficient (Wildman–Crippen LogP) is 1.87. The minimum atomic E-state index is -0.294. The molecule has 0 aliphatic heterocycles. The highest BCUT2D eigenvalue weighted by Crippen LogP contribution is 2.16. The van der Waals surface area contributed by atoms with Gasteiger partial charge in [0.1, 0.15) is 5.82 Å². The summed E-state index contributed by atoms with van der Waals surface area (Å²) >= 11 is 0. The van der Waals surface area contributed by atoms with E-state index >= 15 is 0 Å². The van der Waals surface area contributed by atoms with Crippen molar-refractivity contribution in [3.8, 4) is 0 Å². The van der Waals surface area contributed by atoms with Crippen LogP contribution in [-0.2, 0) is 4.79 Å². The van der Waals surface area contributed by atoms with Crippen molar-refractivity contribution in [1.29, 1.82) is 0 Å². The largest absolute Gasteiger partial charge is 0.384 e. The topological polar surface area (TPSA) is 97.1 Å². The van der Waals surface area contributed by atoms with Crippen LogP contribution >= 0.6 is 0 Å². The van der Waals surface area contributed by atoms with Crippen LogP contribution in [0.2, 0.25) is 0 Å². The molecule has 0 bridgehead atoms. The molecule has 20 heavy (non-hydrogen) atoms. The Morgan fingerprint density at radius 1 is 1.10 bits per heavy atom. The lowest BCUT2D eigenvalue weighted by Gasteiger charge is -2.07. The number of rotatable bonds is 3. The van der Waals surface area contributed by atoms with Gasteiger partial charge in [0.2, 0.25) is 5.91 Å². The molecular weight excluding hydrogens is 256 g/mol. The van der Waals surface area contributed by atoms with Gasteiger partial charge < -0.3 is 16.4 Å². The maximum atomic E-state index is 12.0. The van der Waals surface area contributed by atoms with Gasteiger partial charge in [-0.3, -0.25) is 9.59 Å². The minimum absolute atomic E-state index is 0.170. The van der Waals surface area contributed by atoms with E-state index in [4.69, 9.17) is 5.73 Å². The molecule has 0 aliphatic carbocycles. The van der Waals surface area contributed by atoms with Gasteiger partial charge in [-0.25, -0.2) is 4.98 Å². The van der Waals surface area contributed by atoms with Gasteiger partial charge in [-0.2, -0.15) is 0 Å².